The smallest absolute Gasteiger partial charge is 0.337 e. The normalized spacial score (nSPS) is 21.8. The summed E-state index contributed by atoms with van der Waals surface area (Å²) >= 11 is 0. The monoisotopic (exact) mass is 441 g/mol. The minimum atomic E-state index is -1.41. The van der Waals surface area contributed by atoms with Gasteiger partial charge in [0.25, 0.3) is 0 Å². The van der Waals surface area contributed by atoms with Crippen LogP contribution in [0.15, 0.2) is 59.7 Å². The topological polar surface area (TPSA) is 91.4 Å². The van der Waals surface area contributed by atoms with Gasteiger partial charge in [-0.05, 0) is 43.7 Å². The third kappa shape index (κ3) is 3.82. The maximum absolute atomic E-state index is 12.9. The van der Waals surface area contributed by atoms with Gasteiger partial charge in [-0.25, -0.2) is 9.59 Å². The Labute approximate surface area is 187 Å². The van der Waals surface area contributed by atoms with Crippen molar-refractivity contribution in [1.82, 2.24) is 0 Å². The van der Waals surface area contributed by atoms with Gasteiger partial charge in [0.2, 0.25) is 5.91 Å². The SMILES string of the molecule is C=C(C)CC(N(C(C)=O)c1ccc(OC)cc1)C12C=CC(O1)C(C(=O)OC)=C2C(=O)OC. The molecule has 32 heavy (non-hydrogen) atoms. The lowest BCUT2D eigenvalue weighted by atomic mass is 9.78. The fraction of sp³-hybridized carbons (Fsp3) is 0.375. The number of esters is 2. The zero-order valence-electron chi connectivity index (χ0n) is 18.8. The lowest BCUT2D eigenvalue weighted by molar-refractivity contribution is -0.139. The van der Waals surface area contributed by atoms with Gasteiger partial charge in [-0.1, -0.05) is 11.6 Å². The van der Waals surface area contributed by atoms with E-state index in [0.29, 0.717) is 17.9 Å². The fourth-order valence-corrected chi connectivity index (χ4v) is 4.31. The van der Waals surface area contributed by atoms with Crippen molar-refractivity contribution in [3.63, 3.8) is 0 Å². The fourth-order valence-electron chi connectivity index (χ4n) is 4.31. The van der Waals surface area contributed by atoms with E-state index in [1.165, 1.54) is 21.1 Å². The Balaban J connectivity index is 2.22. The zero-order chi connectivity index (χ0) is 23.6. The molecule has 2 heterocycles. The van der Waals surface area contributed by atoms with Gasteiger partial charge in [0.15, 0.2) is 0 Å². The van der Waals surface area contributed by atoms with Crippen molar-refractivity contribution < 1.29 is 33.3 Å². The van der Waals surface area contributed by atoms with Gasteiger partial charge in [-0.3, -0.25) is 4.79 Å². The molecule has 0 fully saturated rings. The number of benzene rings is 1. The lowest BCUT2D eigenvalue weighted by Crippen LogP contribution is -2.55. The Morgan fingerprint density at radius 3 is 2.22 bits per heavy atom. The maximum Gasteiger partial charge on any atom is 0.337 e. The zero-order valence-corrected chi connectivity index (χ0v) is 18.8. The first-order chi connectivity index (χ1) is 15.2. The molecular formula is C24H27NO7. The largest absolute Gasteiger partial charge is 0.497 e. The first kappa shape index (κ1) is 23.3. The predicted octanol–water partition coefficient (Wildman–Crippen LogP) is 2.73. The summed E-state index contributed by atoms with van der Waals surface area (Å²) in [5.74, 6) is -1.04. The summed E-state index contributed by atoms with van der Waals surface area (Å²) in [6.45, 7) is 7.26. The highest BCUT2D eigenvalue weighted by Gasteiger charge is 2.60. The summed E-state index contributed by atoms with van der Waals surface area (Å²) in [5, 5.41) is 0. The van der Waals surface area contributed by atoms with Crippen molar-refractivity contribution in [1.29, 1.82) is 0 Å². The Bertz CT molecular complexity index is 1010. The number of ether oxygens (including phenoxy) is 4. The highest BCUT2D eigenvalue weighted by molar-refractivity contribution is 6.06. The van der Waals surface area contributed by atoms with Gasteiger partial charge in [-0.15, -0.1) is 6.58 Å². The average Bonchev–Trinajstić information content (AvgIpc) is 3.35. The number of anilines is 1. The van der Waals surface area contributed by atoms with Crippen LogP contribution in [0.25, 0.3) is 0 Å². The van der Waals surface area contributed by atoms with Crippen LogP contribution in [0, 0.1) is 0 Å². The summed E-state index contributed by atoms with van der Waals surface area (Å²) < 4.78 is 21.4. The molecular weight excluding hydrogens is 414 g/mol. The minimum absolute atomic E-state index is 0.0327. The molecule has 8 nitrogen and oxygen atoms in total. The number of methoxy groups -OCH3 is 3. The number of carbonyl (C=O) groups excluding carboxylic acids is 3. The van der Waals surface area contributed by atoms with E-state index in [1.54, 1.807) is 48.4 Å². The molecule has 2 aliphatic rings. The van der Waals surface area contributed by atoms with Gasteiger partial charge < -0.3 is 23.8 Å². The number of hydrogen-bond acceptors (Lipinski definition) is 7. The van der Waals surface area contributed by atoms with Crippen molar-refractivity contribution >= 4 is 23.5 Å². The molecule has 1 aromatic carbocycles. The second kappa shape index (κ2) is 9.00. The van der Waals surface area contributed by atoms with Crippen LogP contribution in [0.3, 0.4) is 0 Å². The molecule has 0 aliphatic carbocycles. The molecule has 0 saturated heterocycles. The Morgan fingerprint density at radius 2 is 1.72 bits per heavy atom. The summed E-state index contributed by atoms with van der Waals surface area (Å²) in [6.07, 6.45) is 2.92. The van der Waals surface area contributed by atoms with Crippen LogP contribution in [0.1, 0.15) is 20.3 Å². The second-order valence-electron chi connectivity index (χ2n) is 7.73. The molecule has 170 valence electrons. The van der Waals surface area contributed by atoms with Gasteiger partial charge in [0.05, 0.1) is 38.5 Å². The lowest BCUT2D eigenvalue weighted by Gasteiger charge is -2.41. The third-order valence-electron chi connectivity index (χ3n) is 5.62. The van der Waals surface area contributed by atoms with Gasteiger partial charge in [0, 0.05) is 12.6 Å². The first-order valence-electron chi connectivity index (χ1n) is 10.1. The van der Waals surface area contributed by atoms with E-state index in [4.69, 9.17) is 18.9 Å². The summed E-state index contributed by atoms with van der Waals surface area (Å²) in [7, 11) is 4.02. The van der Waals surface area contributed by atoms with Crippen molar-refractivity contribution in [3.8, 4) is 5.75 Å². The molecule has 3 rings (SSSR count). The van der Waals surface area contributed by atoms with Gasteiger partial charge in [0.1, 0.15) is 17.5 Å². The molecule has 0 radical (unpaired) electrons. The third-order valence-corrected chi connectivity index (χ3v) is 5.62. The molecule has 2 bridgehead atoms. The summed E-state index contributed by atoms with van der Waals surface area (Å²) in [6, 6.07) is 6.25. The quantitative estimate of drug-likeness (QED) is 0.452. The van der Waals surface area contributed by atoms with E-state index in [1.807, 2.05) is 6.92 Å². The number of fused-ring (bicyclic) bond motifs is 2. The van der Waals surface area contributed by atoms with E-state index in [-0.39, 0.29) is 17.1 Å². The van der Waals surface area contributed by atoms with E-state index in [9.17, 15) is 14.4 Å². The van der Waals surface area contributed by atoms with Gasteiger partial charge >= 0.3 is 11.9 Å². The predicted molar refractivity (Wildman–Crippen MR) is 117 cm³/mol. The van der Waals surface area contributed by atoms with Crippen molar-refractivity contribution in [2.24, 2.45) is 0 Å². The molecule has 0 N–H and O–H groups in total. The summed E-state index contributed by atoms with van der Waals surface area (Å²) in [4.78, 5) is 39.9. The minimum Gasteiger partial charge on any atom is -0.497 e. The Kier molecular flexibility index (Phi) is 6.55. The second-order valence-corrected chi connectivity index (χ2v) is 7.73. The molecule has 1 amide bonds. The van der Waals surface area contributed by atoms with E-state index >= 15 is 0 Å². The van der Waals surface area contributed by atoms with E-state index < -0.39 is 29.7 Å². The number of carbonyl (C=O) groups is 3. The molecule has 2 aliphatic heterocycles. The molecule has 1 aromatic rings. The van der Waals surface area contributed by atoms with Crippen molar-refractivity contribution in [2.45, 2.75) is 38.0 Å². The average molecular weight is 441 g/mol. The van der Waals surface area contributed by atoms with Gasteiger partial charge in [-0.2, -0.15) is 0 Å². The van der Waals surface area contributed by atoms with Crippen molar-refractivity contribution in [2.75, 3.05) is 26.2 Å². The Morgan fingerprint density at radius 1 is 1.09 bits per heavy atom. The van der Waals surface area contributed by atoms with Crippen LogP contribution in [-0.4, -0.2) is 56.9 Å². The summed E-state index contributed by atoms with van der Waals surface area (Å²) in [5.41, 5.74) is 0.0406. The molecule has 3 unspecified atom stereocenters. The highest BCUT2D eigenvalue weighted by Crippen LogP contribution is 2.49. The van der Waals surface area contributed by atoms with E-state index in [0.717, 1.165) is 5.57 Å². The van der Waals surface area contributed by atoms with Crippen LogP contribution in [0.4, 0.5) is 5.69 Å². The molecule has 3 atom stereocenters. The number of hydrogen-bond donors (Lipinski definition) is 0. The molecule has 8 heteroatoms. The number of amides is 1. The van der Waals surface area contributed by atoms with Crippen LogP contribution in [-0.2, 0) is 28.6 Å². The first-order valence-corrected chi connectivity index (χ1v) is 10.1. The van der Waals surface area contributed by atoms with E-state index in [2.05, 4.69) is 6.58 Å². The number of nitrogens with zero attached hydrogens (tertiary/aromatic N) is 1. The highest BCUT2D eigenvalue weighted by atomic mass is 16.6. The molecule has 0 spiro atoms. The Hall–Kier alpha value is -3.39. The maximum atomic E-state index is 12.9. The van der Waals surface area contributed by atoms with Crippen molar-refractivity contribution in [3.05, 3.63) is 59.7 Å². The van der Waals surface area contributed by atoms with Crippen LogP contribution < -0.4 is 9.64 Å². The number of rotatable bonds is 8. The standard InChI is InChI=1S/C24H27NO7/c1-14(2)13-19(25(15(3)26)16-7-9-17(29-4)10-8-16)24-12-11-18(32-24)20(22(27)30-5)21(24)23(28)31-6/h7-12,18-19H,1,13H2,2-6H3. The van der Waals surface area contributed by atoms with Crippen LogP contribution >= 0.6 is 0 Å². The van der Waals surface area contributed by atoms with Crippen LogP contribution in [0.5, 0.6) is 5.75 Å². The molecule has 0 saturated carbocycles. The van der Waals surface area contributed by atoms with Crippen LogP contribution in [0.2, 0.25) is 0 Å². The molecule has 0 aromatic heterocycles.